The number of nitrogens with one attached hydrogen (secondary N) is 1. The smallest absolute Gasteiger partial charge is 0.258 e. The average Bonchev–Trinajstić information content (AvgIpc) is 2.45. The highest BCUT2D eigenvalue weighted by Gasteiger charge is 2.12. The summed E-state index contributed by atoms with van der Waals surface area (Å²) >= 11 is 0. The number of carbonyl (C=O) groups is 1. The number of rotatable bonds is 4. The van der Waals surface area contributed by atoms with Crippen molar-refractivity contribution in [1.29, 1.82) is 0 Å². The molecular formula is C13H13N3O5. The van der Waals surface area contributed by atoms with E-state index in [1.807, 2.05) is 0 Å². The molecule has 110 valence electrons. The molecule has 0 atom stereocenters. The van der Waals surface area contributed by atoms with Gasteiger partial charge < -0.3 is 19.7 Å². The molecule has 1 amide bonds. The van der Waals surface area contributed by atoms with Crippen molar-refractivity contribution in [3.05, 3.63) is 29.8 Å². The van der Waals surface area contributed by atoms with Gasteiger partial charge in [0.1, 0.15) is 11.5 Å². The van der Waals surface area contributed by atoms with Gasteiger partial charge in [0.25, 0.3) is 5.91 Å². The fourth-order valence-corrected chi connectivity index (χ4v) is 1.57. The van der Waals surface area contributed by atoms with E-state index in [0.29, 0.717) is 0 Å². The van der Waals surface area contributed by atoms with Gasteiger partial charge in [-0.15, -0.1) is 0 Å². The molecule has 0 aliphatic heterocycles. The number of phenolic OH excluding ortho intramolecular Hbond substituents is 2. The van der Waals surface area contributed by atoms with Crippen molar-refractivity contribution in [3.63, 3.8) is 0 Å². The minimum absolute atomic E-state index is 0.0287. The maximum absolute atomic E-state index is 12.0. The van der Waals surface area contributed by atoms with Crippen molar-refractivity contribution in [2.75, 3.05) is 19.5 Å². The summed E-state index contributed by atoms with van der Waals surface area (Å²) in [6.07, 6.45) is 0. The zero-order chi connectivity index (χ0) is 15.4. The van der Waals surface area contributed by atoms with Gasteiger partial charge in [-0.25, -0.2) is 0 Å². The van der Waals surface area contributed by atoms with Crippen LogP contribution in [-0.2, 0) is 0 Å². The molecule has 0 saturated heterocycles. The lowest BCUT2D eigenvalue weighted by Gasteiger charge is -2.08. The Labute approximate surface area is 120 Å². The van der Waals surface area contributed by atoms with E-state index in [-0.39, 0.29) is 34.8 Å². The summed E-state index contributed by atoms with van der Waals surface area (Å²) < 4.78 is 9.92. The zero-order valence-electron chi connectivity index (χ0n) is 11.3. The summed E-state index contributed by atoms with van der Waals surface area (Å²) in [5, 5.41) is 21.1. The van der Waals surface area contributed by atoms with Crippen LogP contribution >= 0.6 is 0 Å². The molecule has 21 heavy (non-hydrogen) atoms. The number of nitrogens with zero attached hydrogens (tertiary/aromatic N) is 2. The van der Waals surface area contributed by atoms with Crippen molar-refractivity contribution >= 4 is 11.9 Å². The van der Waals surface area contributed by atoms with Gasteiger partial charge in [-0.1, -0.05) is 0 Å². The first kappa shape index (κ1) is 14.4. The van der Waals surface area contributed by atoms with E-state index in [1.54, 1.807) is 0 Å². The van der Waals surface area contributed by atoms with E-state index in [9.17, 15) is 15.0 Å². The van der Waals surface area contributed by atoms with Crippen molar-refractivity contribution in [3.8, 4) is 23.3 Å². The third-order valence-electron chi connectivity index (χ3n) is 2.49. The van der Waals surface area contributed by atoms with Gasteiger partial charge in [0.15, 0.2) is 0 Å². The Morgan fingerprint density at radius 3 is 2.00 bits per heavy atom. The number of benzene rings is 1. The van der Waals surface area contributed by atoms with Crippen LogP contribution in [-0.4, -0.2) is 40.3 Å². The Hall–Kier alpha value is -3.03. The lowest BCUT2D eigenvalue weighted by molar-refractivity contribution is 0.102. The molecule has 0 aliphatic rings. The molecule has 1 aromatic carbocycles. The van der Waals surface area contributed by atoms with Gasteiger partial charge in [0.2, 0.25) is 17.7 Å². The van der Waals surface area contributed by atoms with Crippen LogP contribution in [0, 0.1) is 0 Å². The second kappa shape index (κ2) is 5.95. The maximum atomic E-state index is 12.0. The third-order valence-corrected chi connectivity index (χ3v) is 2.49. The monoisotopic (exact) mass is 291 g/mol. The van der Waals surface area contributed by atoms with Gasteiger partial charge in [0, 0.05) is 11.6 Å². The highest BCUT2D eigenvalue weighted by molar-refractivity contribution is 6.03. The zero-order valence-corrected chi connectivity index (χ0v) is 11.3. The Morgan fingerprint density at radius 2 is 1.52 bits per heavy atom. The van der Waals surface area contributed by atoms with Crippen LogP contribution in [0.15, 0.2) is 24.3 Å². The molecule has 2 aromatic rings. The van der Waals surface area contributed by atoms with Crippen LogP contribution in [0.25, 0.3) is 0 Å². The summed E-state index contributed by atoms with van der Waals surface area (Å²) in [5.74, 6) is -0.657. The molecule has 0 fully saturated rings. The van der Waals surface area contributed by atoms with E-state index in [1.165, 1.54) is 32.4 Å². The fourth-order valence-electron chi connectivity index (χ4n) is 1.57. The highest BCUT2D eigenvalue weighted by atomic mass is 16.5. The van der Waals surface area contributed by atoms with Gasteiger partial charge in [0.05, 0.1) is 20.3 Å². The minimum Gasteiger partial charge on any atom is -0.508 e. The van der Waals surface area contributed by atoms with Crippen LogP contribution in [0.3, 0.4) is 0 Å². The van der Waals surface area contributed by atoms with Crippen molar-refractivity contribution in [2.24, 2.45) is 0 Å². The van der Waals surface area contributed by atoms with Gasteiger partial charge in [-0.2, -0.15) is 9.97 Å². The lowest BCUT2D eigenvalue weighted by Crippen LogP contribution is -2.14. The fraction of sp³-hybridized carbons (Fsp3) is 0.154. The first-order chi connectivity index (χ1) is 10.0. The molecule has 3 N–H and O–H groups in total. The van der Waals surface area contributed by atoms with Gasteiger partial charge in [-0.3, -0.25) is 10.1 Å². The molecule has 0 bridgehead atoms. The number of ether oxygens (including phenoxy) is 2. The molecule has 1 heterocycles. The van der Waals surface area contributed by atoms with E-state index in [0.717, 1.165) is 6.07 Å². The Kier molecular flexibility index (Phi) is 4.07. The number of hydrogen-bond acceptors (Lipinski definition) is 7. The summed E-state index contributed by atoms with van der Waals surface area (Å²) in [7, 11) is 2.83. The molecule has 0 aliphatic carbocycles. The minimum atomic E-state index is -0.600. The Balaban J connectivity index is 2.26. The molecule has 1 aromatic heterocycles. The van der Waals surface area contributed by atoms with E-state index in [2.05, 4.69) is 15.3 Å². The summed E-state index contributed by atoms with van der Waals surface area (Å²) in [4.78, 5) is 19.9. The van der Waals surface area contributed by atoms with Crippen molar-refractivity contribution in [2.45, 2.75) is 0 Å². The second-order valence-electron chi connectivity index (χ2n) is 3.97. The molecular weight excluding hydrogens is 278 g/mol. The molecule has 0 unspecified atom stereocenters. The molecule has 0 saturated carbocycles. The molecule has 0 radical (unpaired) electrons. The molecule has 8 heteroatoms. The van der Waals surface area contributed by atoms with Crippen molar-refractivity contribution < 1.29 is 24.5 Å². The SMILES string of the molecule is COc1cc(OC)nc(NC(=O)c2cc(O)cc(O)c2)n1. The van der Waals surface area contributed by atoms with Crippen LogP contribution in [0.2, 0.25) is 0 Å². The number of amides is 1. The first-order valence-corrected chi connectivity index (χ1v) is 5.83. The summed E-state index contributed by atoms with van der Waals surface area (Å²) in [6.45, 7) is 0. The van der Waals surface area contributed by atoms with E-state index >= 15 is 0 Å². The van der Waals surface area contributed by atoms with Gasteiger partial charge >= 0.3 is 0 Å². The largest absolute Gasteiger partial charge is 0.508 e. The summed E-state index contributed by atoms with van der Waals surface area (Å²) in [5.41, 5.74) is 0.0536. The van der Waals surface area contributed by atoms with Gasteiger partial charge in [-0.05, 0) is 12.1 Å². The van der Waals surface area contributed by atoms with E-state index < -0.39 is 5.91 Å². The Morgan fingerprint density at radius 1 is 1.00 bits per heavy atom. The lowest BCUT2D eigenvalue weighted by atomic mass is 10.2. The van der Waals surface area contributed by atoms with Crippen molar-refractivity contribution in [1.82, 2.24) is 9.97 Å². The summed E-state index contributed by atoms with van der Waals surface area (Å²) in [6, 6.07) is 4.97. The number of aromatic hydroxyl groups is 2. The van der Waals surface area contributed by atoms with E-state index in [4.69, 9.17) is 9.47 Å². The number of hydrogen-bond donors (Lipinski definition) is 3. The first-order valence-electron chi connectivity index (χ1n) is 5.83. The second-order valence-corrected chi connectivity index (χ2v) is 3.97. The Bertz CT molecular complexity index is 632. The number of anilines is 1. The number of aromatic nitrogens is 2. The van der Waals surface area contributed by atoms with Crippen LogP contribution in [0.1, 0.15) is 10.4 Å². The standard InChI is InChI=1S/C13H13N3O5/c1-20-10-6-11(21-2)15-13(14-10)16-12(19)7-3-8(17)5-9(18)4-7/h3-6,17-18H,1-2H3,(H,14,15,16,19). The molecule has 0 spiro atoms. The van der Waals surface area contributed by atoms with Crippen LogP contribution in [0.4, 0.5) is 5.95 Å². The predicted molar refractivity (Wildman–Crippen MR) is 72.9 cm³/mol. The van der Waals surface area contributed by atoms with Crippen LogP contribution in [0.5, 0.6) is 23.3 Å². The normalized spacial score (nSPS) is 10.0. The highest BCUT2D eigenvalue weighted by Crippen LogP contribution is 2.22. The molecule has 8 nitrogen and oxygen atoms in total. The predicted octanol–water partition coefficient (Wildman–Crippen LogP) is 1.16. The van der Waals surface area contributed by atoms with Crippen LogP contribution < -0.4 is 14.8 Å². The number of methoxy groups -OCH3 is 2. The quantitative estimate of drug-likeness (QED) is 0.774. The average molecular weight is 291 g/mol. The maximum Gasteiger partial charge on any atom is 0.258 e. The third kappa shape index (κ3) is 3.50. The number of carbonyl (C=O) groups excluding carboxylic acids is 1. The number of phenols is 2. The topological polar surface area (TPSA) is 114 Å². The molecule has 2 rings (SSSR count).